The number of hydrogen-bond donors (Lipinski definition) is 2. The zero-order valence-corrected chi connectivity index (χ0v) is 19.3. The van der Waals surface area contributed by atoms with Gasteiger partial charge in [0.2, 0.25) is 0 Å². The van der Waals surface area contributed by atoms with E-state index >= 15 is 0 Å². The Morgan fingerprint density at radius 2 is 0.515 bits per heavy atom. The van der Waals surface area contributed by atoms with Crippen LogP contribution in [0.3, 0.4) is 0 Å². The first kappa shape index (κ1) is 22.7. The maximum atomic E-state index is 5.77. The highest BCUT2D eigenvalue weighted by molar-refractivity contribution is 5.40. The van der Waals surface area contributed by atoms with Crippen molar-refractivity contribution in [3.05, 3.63) is 130 Å². The standard InChI is InChI=1S/C31H34N2/c32-30-20-16-28(17-21-30)14-12-26-8-4-24(5-9-26)2-1-3-25-6-10-27(11-7-25)13-15-29-18-22-31(33)23-19-29/h4-11,16-23H,1-3,12-15,32-33H2. The van der Waals surface area contributed by atoms with Crippen LogP contribution in [0.25, 0.3) is 0 Å². The number of aryl methyl sites for hydroxylation is 6. The SMILES string of the molecule is Nc1ccc(CCc2ccc(CCCc3ccc(CCc4ccc(N)cc4)cc3)cc2)cc1. The molecule has 0 aliphatic heterocycles. The maximum absolute atomic E-state index is 5.77. The zero-order valence-electron chi connectivity index (χ0n) is 19.3. The van der Waals surface area contributed by atoms with E-state index < -0.39 is 0 Å². The lowest BCUT2D eigenvalue weighted by Crippen LogP contribution is -1.95. The zero-order chi connectivity index (χ0) is 22.9. The quantitative estimate of drug-likeness (QED) is 0.276. The first-order valence-corrected chi connectivity index (χ1v) is 12.0. The Morgan fingerprint density at radius 3 is 0.788 bits per heavy atom. The molecule has 0 amide bonds. The van der Waals surface area contributed by atoms with E-state index in [0.717, 1.165) is 49.9 Å². The van der Waals surface area contributed by atoms with Gasteiger partial charge in [-0.3, -0.25) is 0 Å². The number of nitrogens with two attached hydrogens (primary N) is 2. The predicted molar refractivity (Wildman–Crippen MR) is 141 cm³/mol. The van der Waals surface area contributed by atoms with Crippen LogP contribution in [0.5, 0.6) is 0 Å². The summed E-state index contributed by atoms with van der Waals surface area (Å²) in [4.78, 5) is 0. The third-order valence-corrected chi connectivity index (χ3v) is 6.34. The smallest absolute Gasteiger partial charge is 0.0314 e. The van der Waals surface area contributed by atoms with Crippen LogP contribution in [0, 0.1) is 0 Å². The molecule has 0 fully saturated rings. The van der Waals surface area contributed by atoms with E-state index in [1.54, 1.807) is 0 Å². The van der Waals surface area contributed by atoms with Crippen molar-refractivity contribution in [3.8, 4) is 0 Å². The van der Waals surface area contributed by atoms with Gasteiger partial charge in [0.05, 0.1) is 0 Å². The molecule has 0 spiro atoms. The maximum Gasteiger partial charge on any atom is 0.0314 e. The fraction of sp³-hybridized carbons (Fsp3) is 0.226. The van der Waals surface area contributed by atoms with Gasteiger partial charge in [-0.15, -0.1) is 0 Å². The molecular formula is C31H34N2. The van der Waals surface area contributed by atoms with Crippen molar-refractivity contribution in [2.75, 3.05) is 11.5 Å². The third-order valence-electron chi connectivity index (χ3n) is 6.34. The second-order valence-electron chi connectivity index (χ2n) is 8.97. The van der Waals surface area contributed by atoms with Crippen molar-refractivity contribution in [2.45, 2.75) is 44.9 Å². The summed E-state index contributed by atoms with van der Waals surface area (Å²) in [5.41, 5.74) is 21.5. The first-order chi connectivity index (χ1) is 16.1. The van der Waals surface area contributed by atoms with Gasteiger partial charge in [0.25, 0.3) is 0 Å². The summed E-state index contributed by atoms with van der Waals surface area (Å²) < 4.78 is 0. The molecule has 0 aromatic heterocycles. The molecule has 4 N–H and O–H groups in total. The normalized spacial score (nSPS) is 10.9. The third kappa shape index (κ3) is 7.25. The van der Waals surface area contributed by atoms with E-state index in [-0.39, 0.29) is 0 Å². The molecule has 2 nitrogen and oxygen atoms in total. The molecule has 4 aromatic rings. The Balaban J connectivity index is 1.18. The lowest BCUT2D eigenvalue weighted by Gasteiger charge is -2.07. The van der Waals surface area contributed by atoms with Gasteiger partial charge >= 0.3 is 0 Å². The van der Waals surface area contributed by atoms with Gasteiger partial charge in [-0.05, 0) is 103 Å². The molecule has 0 radical (unpaired) electrons. The van der Waals surface area contributed by atoms with Crippen molar-refractivity contribution in [1.82, 2.24) is 0 Å². The second kappa shape index (κ2) is 11.4. The Hall–Kier alpha value is -3.52. The predicted octanol–water partition coefficient (Wildman–Crippen LogP) is 6.60. The van der Waals surface area contributed by atoms with Crippen molar-refractivity contribution in [3.63, 3.8) is 0 Å². The highest BCUT2D eigenvalue weighted by atomic mass is 14.5. The summed E-state index contributed by atoms with van der Waals surface area (Å²) in [6.45, 7) is 0. The molecule has 4 aromatic carbocycles. The molecule has 0 aliphatic carbocycles. The lowest BCUT2D eigenvalue weighted by molar-refractivity contribution is 0.818. The number of anilines is 2. The average molecular weight is 435 g/mol. The van der Waals surface area contributed by atoms with Crippen LogP contribution in [0.1, 0.15) is 39.8 Å². The second-order valence-corrected chi connectivity index (χ2v) is 8.97. The molecule has 0 saturated heterocycles. The van der Waals surface area contributed by atoms with Crippen molar-refractivity contribution in [1.29, 1.82) is 0 Å². The summed E-state index contributed by atoms with van der Waals surface area (Å²) in [7, 11) is 0. The van der Waals surface area contributed by atoms with Gasteiger partial charge in [-0.25, -0.2) is 0 Å². The van der Waals surface area contributed by atoms with Gasteiger partial charge in [-0.2, -0.15) is 0 Å². The molecule has 0 atom stereocenters. The van der Waals surface area contributed by atoms with Gasteiger partial charge < -0.3 is 11.5 Å². The molecule has 0 bridgehead atoms. The van der Waals surface area contributed by atoms with Crippen LogP contribution < -0.4 is 11.5 Å². The van der Waals surface area contributed by atoms with Gasteiger partial charge in [0, 0.05) is 11.4 Å². The monoisotopic (exact) mass is 434 g/mol. The molecule has 0 unspecified atom stereocenters. The van der Waals surface area contributed by atoms with E-state index in [1.165, 1.54) is 39.8 Å². The van der Waals surface area contributed by atoms with E-state index in [4.69, 9.17) is 11.5 Å². The van der Waals surface area contributed by atoms with E-state index in [9.17, 15) is 0 Å². The summed E-state index contributed by atoms with van der Waals surface area (Å²) >= 11 is 0. The Bertz CT molecular complexity index is 1020. The molecule has 0 aliphatic rings. The minimum absolute atomic E-state index is 0.827. The largest absolute Gasteiger partial charge is 0.399 e. The number of nitrogen functional groups attached to an aromatic ring is 2. The topological polar surface area (TPSA) is 52.0 Å². The Kier molecular flexibility index (Phi) is 7.81. The van der Waals surface area contributed by atoms with E-state index in [2.05, 4.69) is 72.8 Å². The van der Waals surface area contributed by atoms with E-state index in [1.807, 2.05) is 24.3 Å². The minimum atomic E-state index is 0.827. The number of benzene rings is 4. The summed E-state index contributed by atoms with van der Waals surface area (Å²) in [5, 5.41) is 0. The Morgan fingerprint density at radius 1 is 0.303 bits per heavy atom. The van der Waals surface area contributed by atoms with Crippen LogP contribution in [0.4, 0.5) is 11.4 Å². The van der Waals surface area contributed by atoms with Crippen LogP contribution in [0.15, 0.2) is 97.1 Å². The molecule has 168 valence electrons. The van der Waals surface area contributed by atoms with Crippen LogP contribution in [0.2, 0.25) is 0 Å². The van der Waals surface area contributed by atoms with E-state index in [0.29, 0.717) is 0 Å². The summed E-state index contributed by atoms with van der Waals surface area (Å²) in [5.74, 6) is 0. The molecule has 2 heteroatoms. The Labute approximate surface area is 198 Å². The van der Waals surface area contributed by atoms with Gasteiger partial charge in [0.1, 0.15) is 0 Å². The minimum Gasteiger partial charge on any atom is -0.399 e. The number of rotatable bonds is 10. The van der Waals surface area contributed by atoms with Gasteiger partial charge in [0.15, 0.2) is 0 Å². The molecule has 0 heterocycles. The summed E-state index contributed by atoms with van der Waals surface area (Å²) in [6, 6.07) is 34.7. The van der Waals surface area contributed by atoms with Crippen molar-refractivity contribution >= 4 is 11.4 Å². The van der Waals surface area contributed by atoms with Crippen molar-refractivity contribution < 1.29 is 0 Å². The van der Waals surface area contributed by atoms with Crippen LogP contribution >= 0.6 is 0 Å². The first-order valence-electron chi connectivity index (χ1n) is 12.0. The molecule has 4 rings (SSSR count). The van der Waals surface area contributed by atoms with Crippen LogP contribution in [-0.4, -0.2) is 0 Å². The molecule has 33 heavy (non-hydrogen) atoms. The molecular weight excluding hydrogens is 400 g/mol. The number of hydrogen-bond acceptors (Lipinski definition) is 2. The van der Waals surface area contributed by atoms with Crippen molar-refractivity contribution in [2.24, 2.45) is 0 Å². The fourth-order valence-corrected chi connectivity index (χ4v) is 4.19. The highest BCUT2D eigenvalue weighted by Gasteiger charge is 2.01. The van der Waals surface area contributed by atoms with Crippen LogP contribution in [-0.2, 0) is 38.5 Å². The lowest BCUT2D eigenvalue weighted by atomic mass is 9.99. The fourth-order valence-electron chi connectivity index (χ4n) is 4.19. The highest BCUT2D eigenvalue weighted by Crippen LogP contribution is 2.15. The average Bonchev–Trinajstić information content (AvgIpc) is 2.85. The summed E-state index contributed by atoms with van der Waals surface area (Å²) in [6.07, 6.45) is 7.65. The molecule has 0 saturated carbocycles. The van der Waals surface area contributed by atoms with Gasteiger partial charge in [-0.1, -0.05) is 72.8 Å².